The third kappa shape index (κ3) is 4.71. The van der Waals surface area contributed by atoms with E-state index in [1.54, 1.807) is 6.20 Å². The maximum absolute atomic E-state index is 12.1. The first kappa shape index (κ1) is 20.4. The zero-order valence-electron chi connectivity index (χ0n) is 17.8. The molecule has 3 aromatic rings. The Hall–Kier alpha value is -3.49. The molecule has 2 aliphatic rings. The van der Waals surface area contributed by atoms with Gasteiger partial charge in [0.25, 0.3) is 0 Å². The second-order valence-electron chi connectivity index (χ2n) is 7.96. The lowest BCUT2D eigenvalue weighted by molar-refractivity contribution is -0.121. The van der Waals surface area contributed by atoms with Gasteiger partial charge in [-0.1, -0.05) is 12.1 Å². The van der Waals surface area contributed by atoms with Gasteiger partial charge in [-0.25, -0.2) is 9.97 Å². The van der Waals surface area contributed by atoms with Gasteiger partial charge < -0.3 is 25.6 Å². The SMILES string of the molecule is O=C(Nc1ccc(-c2ccnc(Nc3ccc(N4CCOCC4)cc3)n2)cc1)C1CNC1. The predicted molar refractivity (Wildman–Crippen MR) is 125 cm³/mol. The molecule has 0 unspecified atom stereocenters. The van der Waals surface area contributed by atoms with Crippen molar-refractivity contribution in [3.63, 3.8) is 0 Å². The van der Waals surface area contributed by atoms with E-state index >= 15 is 0 Å². The number of nitrogens with one attached hydrogen (secondary N) is 3. The molecule has 2 fully saturated rings. The smallest absolute Gasteiger partial charge is 0.230 e. The number of ether oxygens (including phenoxy) is 1. The summed E-state index contributed by atoms with van der Waals surface area (Å²) in [7, 11) is 0. The van der Waals surface area contributed by atoms with E-state index in [9.17, 15) is 4.79 Å². The zero-order valence-corrected chi connectivity index (χ0v) is 17.8. The highest BCUT2D eigenvalue weighted by Crippen LogP contribution is 2.23. The summed E-state index contributed by atoms with van der Waals surface area (Å²) < 4.78 is 5.42. The van der Waals surface area contributed by atoms with Crippen molar-refractivity contribution in [3.8, 4) is 11.3 Å². The molecule has 8 nitrogen and oxygen atoms in total. The van der Waals surface area contributed by atoms with Crippen LogP contribution in [0, 0.1) is 5.92 Å². The van der Waals surface area contributed by atoms with E-state index in [-0.39, 0.29) is 11.8 Å². The number of carbonyl (C=O) groups excluding carboxylic acids is 1. The van der Waals surface area contributed by atoms with Crippen LogP contribution >= 0.6 is 0 Å². The van der Waals surface area contributed by atoms with Crippen molar-refractivity contribution < 1.29 is 9.53 Å². The number of aromatic nitrogens is 2. The van der Waals surface area contributed by atoms with E-state index in [1.807, 2.05) is 42.5 Å². The average Bonchev–Trinajstić information content (AvgIpc) is 2.80. The zero-order chi connectivity index (χ0) is 21.8. The Morgan fingerprint density at radius 1 is 0.969 bits per heavy atom. The summed E-state index contributed by atoms with van der Waals surface area (Å²) in [6.45, 7) is 4.86. The summed E-state index contributed by atoms with van der Waals surface area (Å²) in [5, 5.41) is 9.35. The third-order valence-corrected chi connectivity index (χ3v) is 5.76. The van der Waals surface area contributed by atoms with Gasteiger partial charge in [0.1, 0.15) is 0 Å². The number of benzene rings is 2. The van der Waals surface area contributed by atoms with Crippen LogP contribution in [0.5, 0.6) is 0 Å². The molecular weight excluding hydrogens is 404 g/mol. The minimum Gasteiger partial charge on any atom is -0.378 e. The lowest BCUT2D eigenvalue weighted by Crippen LogP contribution is -2.48. The predicted octanol–water partition coefficient (Wildman–Crippen LogP) is 2.88. The maximum atomic E-state index is 12.1. The average molecular weight is 431 g/mol. The van der Waals surface area contributed by atoms with Gasteiger partial charge in [-0.15, -0.1) is 0 Å². The minimum absolute atomic E-state index is 0.0599. The Balaban J connectivity index is 1.23. The standard InChI is InChI=1S/C24H26N6O2/c31-23(18-15-25-16-18)27-19-3-1-17(2-4-19)22-9-10-26-24(29-22)28-20-5-7-21(8-6-20)30-11-13-32-14-12-30/h1-10,18,25H,11-16H2,(H,27,31)(H,26,28,29). The number of hydrogen-bond acceptors (Lipinski definition) is 7. The third-order valence-electron chi connectivity index (χ3n) is 5.76. The minimum atomic E-state index is 0.0599. The number of anilines is 4. The molecule has 2 saturated heterocycles. The Bertz CT molecular complexity index is 1060. The molecule has 8 heteroatoms. The Kier molecular flexibility index (Phi) is 5.96. The van der Waals surface area contributed by atoms with Crippen molar-refractivity contribution in [1.82, 2.24) is 15.3 Å². The van der Waals surface area contributed by atoms with Gasteiger partial charge in [0.05, 0.1) is 24.8 Å². The Morgan fingerprint density at radius 3 is 2.38 bits per heavy atom. The van der Waals surface area contributed by atoms with Crippen molar-refractivity contribution in [1.29, 1.82) is 0 Å². The molecule has 0 spiro atoms. The highest BCUT2D eigenvalue weighted by atomic mass is 16.5. The highest BCUT2D eigenvalue weighted by Gasteiger charge is 2.24. The summed E-state index contributed by atoms with van der Waals surface area (Å²) in [4.78, 5) is 23.4. The molecule has 1 aromatic heterocycles. The normalized spacial score (nSPS) is 16.3. The van der Waals surface area contributed by atoms with Crippen LogP contribution in [0.1, 0.15) is 0 Å². The van der Waals surface area contributed by atoms with Crippen LogP contribution in [0.25, 0.3) is 11.3 Å². The van der Waals surface area contributed by atoms with Crippen molar-refractivity contribution in [2.24, 2.45) is 5.92 Å². The molecule has 32 heavy (non-hydrogen) atoms. The first-order valence-corrected chi connectivity index (χ1v) is 10.9. The maximum Gasteiger partial charge on any atom is 0.230 e. The van der Waals surface area contributed by atoms with Gasteiger partial charge in [0, 0.05) is 55.0 Å². The molecule has 164 valence electrons. The Labute approximate surface area is 187 Å². The van der Waals surface area contributed by atoms with E-state index in [2.05, 4.69) is 43.0 Å². The van der Waals surface area contributed by atoms with Crippen molar-refractivity contribution in [2.75, 3.05) is 54.9 Å². The molecule has 0 aliphatic carbocycles. The lowest BCUT2D eigenvalue weighted by Gasteiger charge is -2.28. The molecule has 0 radical (unpaired) electrons. The number of nitrogens with zero attached hydrogens (tertiary/aromatic N) is 3. The summed E-state index contributed by atoms with van der Waals surface area (Å²) in [6, 6.07) is 17.9. The van der Waals surface area contributed by atoms with Gasteiger partial charge >= 0.3 is 0 Å². The summed E-state index contributed by atoms with van der Waals surface area (Å²) in [5.74, 6) is 0.661. The molecule has 0 bridgehead atoms. The fourth-order valence-corrected chi connectivity index (χ4v) is 3.73. The number of morpholine rings is 1. The van der Waals surface area contributed by atoms with Crippen LogP contribution < -0.4 is 20.9 Å². The topological polar surface area (TPSA) is 91.4 Å². The fraction of sp³-hybridized carbons (Fsp3) is 0.292. The van der Waals surface area contributed by atoms with Gasteiger partial charge in [0.15, 0.2) is 0 Å². The van der Waals surface area contributed by atoms with Crippen molar-refractivity contribution in [3.05, 3.63) is 60.8 Å². The van der Waals surface area contributed by atoms with Crippen LogP contribution in [-0.2, 0) is 9.53 Å². The Morgan fingerprint density at radius 2 is 1.69 bits per heavy atom. The highest BCUT2D eigenvalue weighted by molar-refractivity contribution is 5.93. The van der Waals surface area contributed by atoms with E-state index in [0.29, 0.717) is 5.95 Å². The number of carbonyl (C=O) groups is 1. The number of hydrogen-bond donors (Lipinski definition) is 3. The quantitative estimate of drug-likeness (QED) is 0.554. The largest absolute Gasteiger partial charge is 0.378 e. The second-order valence-corrected chi connectivity index (χ2v) is 7.96. The molecular formula is C24H26N6O2. The van der Waals surface area contributed by atoms with Crippen LogP contribution in [0.15, 0.2) is 60.8 Å². The van der Waals surface area contributed by atoms with Crippen LogP contribution in [-0.4, -0.2) is 55.3 Å². The summed E-state index contributed by atoms with van der Waals surface area (Å²) >= 11 is 0. The van der Waals surface area contributed by atoms with Crippen LogP contribution in [0.3, 0.4) is 0 Å². The molecule has 3 heterocycles. The van der Waals surface area contributed by atoms with Gasteiger partial charge in [0.2, 0.25) is 11.9 Å². The molecule has 5 rings (SSSR count). The van der Waals surface area contributed by atoms with Crippen LogP contribution in [0.2, 0.25) is 0 Å². The van der Waals surface area contributed by atoms with E-state index in [0.717, 1.165) is 62.0 Å². The first-order chi connectivity index (χ1) is 15.7. The summed E-state index contributed by atoms with van der Waals surface area (Å²) in [6.07, 6.45) is 1.74. The van der Waals surface area contributed by atoms with Gasteiger partial charge in [-0.05, 0) is 42.5 Å². The lowest BCUT2D eigenvalue weighted by atomic mass is 10.0. The molecule has 3 N–H and O–H groups in total. The van der Waals surface area contributed by atoms with Gasteiger partial charge in [-0.3, -0.25) is 4.79 Å². The second kappa shape index (κ2) is 9.33. The van der Waals surface area contributed by atoms with Gasteiger partial charge in [-0.2, -0.15) is 0 Å². The molecule has 0 saturated carbocycles. The fourth-order valence-electron chi connectivity index (χ4n) is 3.73. The van der Waals surface area contributed by atoms with E-state index < -0.39 is 0 Å². The molecule has 2 aliphatic heterocycles. The van der Waals surface area contributed by atoms with Crippen LogP contribution in [0.4, 0.5) is 23.0 Å². The van der Waals surface area contributed by atoms with Crippen molar-refractivity contribution in [2.45, 2.75) is 0 Å². The molecule has 1 amide bonds. The van der Waals surface area contributed by atoms with E-state index in [1.165, 1.54) is 5.69 Å². The first-order valence-electron chi connectivity index (χ1n) is 10.9. The number of amides is 1. The monoisotopic (exact) mass is 430 g/mol. The van der Waals surface area contributed by atoms with E-state index in [4.69, 9.17) is 4.74 Å². The summed E-state index contributed by atoms with van der Waals surface area (Å²) in [5.41, 5.74) is 4.69. The molecule has 2 aromatic carbocycles. The van der Waals surface area contributed by atoms with Crippen molar-refractivity contribution >= 4 is 28.9 Å². The molecule has 0 atom stereocenters. The number of rotatable bonds is 6.